The van der Waals surface area contributed by atoms with Gasteiger partial charge in [-0.2, -0.15) is 0 Å². The normalized spacial score (nSPS) is 14.7. The van der Waals surface area contributed by atoms with Gasteiger partial charge in [0.2, 0.25) is 0 Å². The smallest absolute Gasteiger partial charge is 0.270 e. The van der Waals surface area contributed by atoms with E-state index >= 15 is 0 Å². The lowest BCUT2D eigenvalue weighted by molar-refractivity contribution is -0.384. The second-order valence-electron chi connectivity index (χ2n) is 7.15. The number of amides is 1. The molecule has 0 fully saturated rings. The fourth-order valence-corrected chi connectivity index (χ4v) is 4.88. The van der Waals surface area contributed by atoms with Crippen molar-refractivity contribution in [1.82, 2.24) is 10.2 Å². The molecule has 1 amide bonds. The van der Waals surface area contributed by atoms with Gasteiger partial charge in [0.1, 0.15) is 0 Å². The molecular formula is C22H20ClN3O3S. The maximum absolute atomic E-state index is 12.7. The van der Waals surface area contributed by atoms with Gasteiger partial charge in [-0.3, -0.25) is 19.8 Å². The van der Waals surface area contributed by atoms with Crippen LogP contribution in [0.2, 0.25) is 5.02 Å². The number of benzene rings is 2. The Bertz CT molecular complexity index is 1070. The van der Waals surface area contributed by atoms with Crippen molar-refractivity contribution in [2.75, 3.05) is 13.1 Å². The first kappa shape index (κ1) is 20.5. The SMILES string of the molecule is O=C(NC[C@@H](c1cccs1)N1CCc2ccccc2C1)c1ccc([N+](=O)[O-])cc1Cl. The van der Waals surface area contributed by atoms with Gasteiger partial charge in [0, 0.05) is 36.6 Å². The molecule has 0 saturated heterocycles. The number of nitro benzene ring substituents is 1. The molecule has 154 valence electrons. The maximum atomic E-state index is 12.7. The molecule has 0 aliphatic carbocycles. The largest absolute Gasteiger partial charge is 0.350 e. The van der Waals surface area contributed by atoms with Crippen molar-refractivity contribution in [2.45, 2.75) is 19.0 Å². The highest BCUT2D eigenvalue weighted by atomic mass is 35.5. The number of fused-ring (bicyclic) bond motifs is 1. The summed E-state index contributed by atoms with van der Waals surface area (Å²) >= 11 is 7.78. The fraction of sp³-hybridized carbons (Fsp3) is 0.227. The standard InChI is InChI=1S/C22H20ClN3O3S/c23-19-12-17(26(28)29)7-8-18(19)22(27)24-13-20(21-6-3-11-30-21)25-10-9-15-4-1-2-5-16(15)14-25/h1-8,11-12,20H,9-10,13-14H2,(H,24,27)/t20-/m0/s1. The summed E-state index contributed by atoms with van der Waals surface area (Å²) in [5.74, 6) is -0.339. The third-order valence-corrected chi connectivity index (χ3v) is 6.62. The molecule has 4 rings (SSSR count). The van der Waals surface area contributed by atoms with E-state index in [0.717, 1.165) is 19.5 Å². The van der Waals surface area contributed by atoms with Crippen molar-refractivity contribution < 1.29 is 9.72 Å². The van der Waals surface area contributed by atoms with Crippen molar-refractivity contribution in [3.63, 3.8) is 0 Å². The highest BCUT2D eigenvalue weighted by Crippen LogP contribution is 2.30. The second kappa shape index (κ2) is 8.95. The van der Waals surface area contributed by atoms with Crippen LogP contribution in [0.15, 0.2) is 60.0 Å². The quantitative estimate of drug-likeness (QED) is 0.438. The highest BCUT2D eigenvalue weighted by molar-refractivity contribution is 7.10. The number of rotatable bonds is 6. The molecule has 8 heteroatoms. The zero-order valence-corrected chi connectivity index (χ0v) is 17.7. The Morgan fingerprint density at radius 3 is 2.70 bits per heavy atom. The van der Waals surface area contributed by atoms with E-state index in [1.54, 1.807) is 11.3 Å². The van der Waals surface area contributed by atoms with Crippen LogP contribution in [0.3, 0.4) is 0 Å². The Hall–Kier alpha value is -2.74. The summed E-state index contributed by atoms with van der Waals surface area (Å²) in [6.45, 7) is 2.16. The summed E-state index contributed by atoms with van der Waals surface area (Å²) in [6, 6.07) is 16.5. The first-order chi connectivity index (χ1) is 14.5. The first-order valence-corrected chi connectivity index (χ1v) is 10.8. The van der Waals surface area contributed by atoms with Crippen molar-refractivity contribution >= 4 is 34.5 Å². The molecule has 0 radical (unpaired) electrons. The van der Waals surface area contributed by atoms with Gasteiger partial charge in [0.25, 0.3) is 11.6 Å². The topological polar surface area (TPSA) is 75.5 Å². The number of nitro groups is 1. The molecule has 2 aromatic carbocycles. The van der Waals surface area contributed by atoms with Gasteiger partial charge in [-0.05, 0) is 35.1 Å². The van der Waals surface area contributed by atoms with Crippen LogP contribution in [0.1, 0.15) is 32.4 Å². The van der Waals surface area contributed by atoms with Crippen LogP contribution in [0.25, 0.3) is 0 Å². The summed E-state index contributed by atoms with van der Waals surface area (Å²) in [4.78, 5) is 26.6. The number of hydrogen-bond acceptors (Lipinski definition) is 5. The van der Waals surface area contributed by atoms with Crippen LogP contribution >= 0.6 is 22.9 Å². The van der Waals surface area contributed by atoms with Crippen molar-refractivity contribution in [3.8, 4) is 0 Å². The van der Waals surface area contributed by atoms with E-state index in [0.29, 0.717) is 6.54 Å². The number of carbonyl (C=O) groups is 1. The van der Waals surface area contributed by atoms with E-state index < -0.39 is 4.92 Å². The summed E-state index contributed by atoms with van der Waals surface area (Å²) in [6.07, 6.45) is 0.972. The predicted molar refractivity (Wildman–Crippen MR) is 118 cm³/mol. The Balaban J connectivity index is 1.50. The lowest BCUT2D eigenvalue weighted by Crippen LogP contribution is -2.40. The van der Waals surface area contributed by atoms with Crippen LogP contribution in [-0.4, -0.2) is 28.8 Å². The van der Waals surface area contributed by atoms with Gasteiger partial charge >= 0.3 is 0 Å². The molecule has 0 spiro atoms. The van der Waals surface area contributed by atoms with E-state index in [2.05, 4.69) is 40.5 Å². The monoisotopic (exact) mass is 441 g/mol. The number of nitrogens with zero attached hydrogens (tertiary/aromatic N) is 2. The van der Waals surface area contributed by atoms with Crippen LogP contribution < -0.4 is 5.32 Å². The third kappa shape index (κ3) is 4.38. The van der Waals surface area contributed by atoms with E-state index in [9.17, 15) is 14.9 Å². The molecule has 1 atom stereocenters. The van der Waals surface area contributed by atoms with E-state index in [4.69, 9.17) is 11.6 Å². The van der Waals surface area contributed by atoms with Crippen LogP contribution in [-0.2, 0) is 13.0 Å². The van der Waals surface area contributed by atoms with E-state index in [1.807, 2.05) is 11.4 Å². The maximum Gasteiger partial charge on any atom is 0.270 e. The summed E-state index contributed by atoms with van der Waals surface area (Å²) < 4.78 is 0. The lowest BCUT2D eigenvalue weighted by atomic mass is 9.98. The molecule has 1 N–H and O–H groups in total. The van der Waals surface area contributed by atoms with E-state index in [-0.39, 0.29) is 28.2 Å². The van der Waals surface area contributed by atoms with Crippen molar-refractivity contribution in [2.24, 2.45) is 0 Å². The van der Waals surface area contributed by atoms with E-state index in [1.165, 1.54) is 34.2 Å². The summed E-state index contributed by atoms with van der Waals surface area (Å²) in [7, 11) is 0. The Kier molecular flexibility index (Phi) is 6.13. The minimum Gasteiger partial charge on any atom is -0.350 e. The van der Waals surface area contributed by atoms with Crippen LogP contribution in [0, 0.1) is 10.1 Å². The summed E-state index contributed by atoms with van der Waals surface area (Å²) in [5.41, 5.74) is 2.78. The predicted octanol–water partition coefficient (Wildman–Crippen LogP) is 4.84. The Morgan fingerprint density at radius 1 is 1.20 bits per heavy atom. The van der Waals surface area contributed by atoms with Gasteiger partial charge in [-0.15, -0.1) is 11.3 Å². The van der Waals surface area contributed by atoms with Gasteiger partial charge in [0.05, 0.1) is 21.6 Å². The highest BCUT2D eigenvalue weighted by Gasteiger charge is 2.26. The number of hydrogen-bond donors (Lipinski definition) is 1. The molecule has 1 aromatic heterocycles. The number of thiophene rings is 1. The molecule has 1 aliphatic heterocycles. The molecule has 6 nitrogen and oxygen atoms in total. The van der Waals surface area contributed by atoms with Crippen molar-refractivity contribution in [1.29, 1.82) is 0 Å². The first-order valence-electron chi connectivity index (χ1n) is 9.59. The Labute approximate surface area is 183 Å². The third-order valence-electron chi connectivity index (χ3n) is 5.34. The van der Waals surface area contributed by atoms with Crippen molar-refractivity contribution in [3.05, 3.63) is 96.7 Å². The minimum absolute atomic E-state index is 0.0409. The molecule has 1 aliphatic rings. The van der Waals surface area contributed by atoms with Crippen LogP contribution in [0.5, 0.6) is 0 Å². The molecule has 3 aromatic rings. The number of carbonyl (C=O) groups excluding carboxylic acids is 1. The lowest BCUT2D eigenvalue weighted by Gasteiger charge is -2.35. The van der Waals surface area contributed by atoms with Gasteiger partial charge in [-0.25, -0.2) is 0 Å². The molecule has 2 heterocycles. The zero-order chi connectivity index (χ0) is 21.1. The Morgan fingerprint density at radius 2 is 2.00 bits per heavy atom. The van der Waals surface area contributed by atoms with Crippen LogP contribution in [0.4, 0.5) is 5.69 Å². The number of nitrogens with one attached hydrogen (secondary N) is 1. The van der Waals surface area contributed by atoms with Gasteiger partial charge in [0.15, 0.2) is 0 Å². The second-order valence-corrected chi connectivity index (χ2v) is 8.54. The van der Waals surface area contributed by atoms with Gasteiger partial charge < -0.3 is 5.32 Å². The zero-order valence-electron chi connectivity index (χ0n) is 16.1. The molecule has 0 bridgehead atoms. The summed E-state index contributed by atoms with van der Waals surface area (Å²) in [5, 5.41) is 16.0. The fourth-order valence-electron chi connectivity index (χ4n) is 3.76. The average Bonchev–Trinajstić information content (AvgIpc) is 3.28. The number of halogens is 1. The molecule has 0 saturated carbocycles. The molecular weight excluding hydrogens is 422 g/mol. The average molecular weight is 442 g/mol. The molecule has 0 unspecified atom stereocenters. The number of non-ortho nitro benzene ring substituents is 1. The minimum atomic E-state index is -0.533. The molecule has 30 heavy (non-hydrogen) atoms. The van der Waals surface area contributed by atoms with Gasteiger partial charge in [-0.1, -0.05) is 41.9 Å².